The fraction of sp³-hybridized carbons (Fsp3) is 0.148. The molecule has 1 aliphatic rings. The molecule has 0 atom stereocenters. The average Bonchev–Trinajstić information content (AvgIpc) is 3.70. The number of allylic oxidation sites excluding steroid dienone is 5. The van der Waals surface area contributed by atoms with Crippen molar-refractivity contribution in [3.8, 4) is 16.8 Å². The highest BCUT2D eigenvalue weighted by Gasteiger charge is 2.24. The monoisotopic (exact) mass is 820 g/mol. The summed E-state index contributed by atoms with van der Waals surface area (Å²) in [6.45, 7) is 20.6. The van der Waals surface area contributed by atoms with Crippen LogP contribution in [0.3, 0.4) is 0 Å². The van der Waals surface area contributed by atoms with Crippen LogP contribution in [0.2, 0.25) is 0 Å². The van der Waals surface area contributed by atoms with E-state index in [1.807, 2.05) is 39.8 Å². The van der Waals surface area contributed by atoms with Gasteiger partial charge in [0.25, 0.3) is 0 Å². The van der Waals surface area contributed by atoms with Crippen molar-refractivity contribution in [2.45, 2.75) is 60.8 Å². The highest BCUT2D eigenvalue weighted by molar-refractivity contribution is 6.14. The second kappa shape index (κ2) is 20.6. The summed E-state index contributed by atoms with van der Waals surface area (Å²) < 4.78 is 2.45. The van der Waals surface area contributed by atoms with E-state index < -0.39 is 0 Å². The number of aryl methyl sites for hydroxylation is 1. The molecule has 0 fully saturated rings. The molecular formula is C61H60N2. The van der Waals surface area contributed by atoms with E-state index in [2.05, 4.69) is 219 Å². The SMILES string of the molecule is C=Cc1cccc(-c2ccc(-n3c4ccccc4c4c(CC)c(/C=C\C)c(N(c5ccccc5)c5ccc(C6=CC=C(c7ccccc7)CC6)cc5)cc43)cc2)c1C=C.CC.CC. The largest absolute Gasteiger partial charge is 0.310 e. The van der Waals surface area contributed by atoms with Gasteiger partial charge in [-0.05, 0) is 125 Å². The third-order valence-electron chi connectivity index (χ3n) is 11.8. The van der Waals surface area contributed by atoms with Crippen molar-refractivity contribution in [3.63, 3.8) is 0 Å². The van der Waals surface area contributed by atoms with E-state index in [1.54, 1.807) is 0 Å². The standard InChI is InChI=1S/C57H48N2.2C2H6/c1-5-18-52-50(8-4)57-53-24-15-16-26-54(53)59(48-37-33-45(34-38-48)51-25-17-21-40(6-2)49(51)7-3)56(57)39-55(52)58(46-22-13-10-14-23-46)47-35-31-44(32-36-47)43-29-27-42(28-30-43)41-19-11-9-12-20-41;2*1-2/h5-7,9-27,29,31-39H,2-3,8,28,30H2,1,4H3;2*1-2H3/b18-5-;;. The van der Waals surface area contributed by atoms with Gasteiger partial charge in [0.2, 0.25) is 0 Å². The number of fused-ring (bicyclic) bond motifs is 3. The molecule has 0 unspecified atom stereocenters. The first-order valence-corrected chi connectivity index (χ1v) is 22.7. The van der Waals surface area contributed by atoms with Gasteiger partial charge in [-0.15, -0.1) is 0 Å². The summed E-state index contributed by atoms with van der Waals surface area (Å²) in [6, 6.07) is 57.3. The average molecular weight is 821 g/mol. The fourth-order valence-electron chi connectivity index (χ4n) is 9.02. The molecule has 9 rings (SSSR count). The Bertz CT molecular complexity index is 2920. The van der Waals surface area contributed by atoms with Gasteiger partial charge in [0, 0.05) is 33.4 Å². The summed E-state index contributed by atoms with van der Waals surface area (Å²) in [5.74, 6) is 0. The minimum atomic E-state index is 0.884. The third-order valence-corrected chi connectivity index (χ3v) is 11.8. The molecule has 0 spiro atoms. The van der Waals surface area contributed by atoms with Crippen LogP contribution in [0.4, 0.5) is 17.1 Å². The van der Waals surface area contributed by atoms with Crippen LogP contribution in [0.15, 0.2) is 189 Å². The zero-order valence-corrected chi connectivity index (χ0v) is 37.9. The lowest BCUT2D eigenvalue weighted by atomic mass is 9.90. The molecule has 2 heteroatoms. The Labute approximate surface area is 376 Å². The zero-order valence-electron chi connectivity index (χ0n) is 37.9. The summed E-state index contributed by atoms with van der Waals surface area (Å²) in [7, 11) is 0. The van der Waals surface area contributed by atoms with Crippen LogP contribution in [-0.2, 0) is 6.42 Å². The summed E-state index contributed by atoms with van der Waals surface area (Å²) in [6.07, 6.45) is 15.9. The Morgan fingerprint density at radius 1 is 0.571 bits per heavy atom. The van der Waals surface area contributed by atoms with E-state index in [4.69, 9.17) is 0 Å². The molecule has 2 nitrogen and oxygen atoms in total. The summed E-state index contributed by atoms with van der Waals surface area (Å²) >= 11 is 0. The lowest BCUT2D eigenvalue weighted by Gasteiger charge is -2.29. The smallest absolute Gasteiger partial charge is 0.0565 e. The van der Waals surface area contributed by atoms with Crippen molar-refractivity contribution in [3.05, 3.63) is 222 Å². The number of rotatable bonds is 11. The first-order chi connectivity index (χ1) is 31.1. The number of benzene rings is 7. The van der Waals surface area contributed by atoms with E-state index >= 15 is 0 Å². The molecule has 0 N–H and O–H groups in total. The minimum absolute atomic E-state index is 0.884. The molecule has 0 amide bonds. The first-order valence-electron chi connectivity index (χ1n) is 22.7. The van der Waals surface area contributed by atoms with E-state index in [0.717, 1.165) is 64.3 Å². The maximum absolute atomic E-state index is 4.13. The Balaban J connectivity index is 0.00000145. The molecule has 8 aromatic rings. The van der Waals surface area contributed by atoms with E-state index in [9.17, 15) is 0 Å². The number of anilines is 3. The van der Waals surface area contributed by atoms with Crippen molar-refractivity contribution in [1.82, 2.24) is 4.57 Å². The van der Waals surface area contributed by atoms with E-state index in [0.29, 0.717) is 0 Å². The molecule has 63 heavy (non-hydrogen) atoms. The van der Waals surface area contributed by atoms with Crippen molar-refractivity contribution >= 4 is 68.2 Å². The third kappa shape index (κ3) is 8.68. The number of para-hydroxylation sites is 2. The van der Waals surface area contributed by atoms with Crippen LogP contribution < -0.4 is 4.90 Å². The van der Waals surface area contributed by atoms with Gasteiger partial charge in [0.1, 0.15) is 0 Å². The summed E-state index contributed by atoms with van der Waals surface area (Å²) in [4.78, 5) is 2.44. The van der Waals surface area contributed by atoms with Crippen LogP contribution in [-0.4, -0.2) is 4.57 Å². The fourth-order valence-corrected chi connectivity index (χ4v) is 9.02. The van der Waals surface area contributed by atoms with Gasteiger partial charge in [-0.2, -0.15) is 0 Å². The second-order valence-electron chi connectivity index (χ2n) is 15.1. The predicted molar refractivity (Wildman–Crippen MR) is 279 cm³/mol. The normalized spacial score (nSPS) is 12.2. The Morgan fingerprint density at radius 2 is 1.16 bits per heavy atom. The van der Waals surface area contributed by atoms with Crippen LogP contribution in [0.1, 0.15) is 87.8 Å². The van der Waals surface area contributed by atoms with E-state index in [1.165, 1.54) is 55.2 Å². The number of aromatic nitrogens is 1. The second-order valence-corrected chi connectivity index (χ2v) is 15.1. The molecule has 0 saturated carbocycles. The molecular weight excluding hydrogens is 761 g/mol. The maximum Gasteiger partial charge on any atom is 0.0565 e. The maximum atomic E-state index is 4.13. The Morgan fingerprint density at radius 3 is 1.76 bits per heavy atom. The molecule has 0 saturated heterocycles. The van der Waals surface area contributed by atoms with Crippen molar-refractivity contribution in [2.24, 2.45) is 0 Å². The van der Waals surface area contributed by atoms with E-state index in [-0.39, 0.29) is 0 Å². The predicted octanol–water partition coefficient (Wildman–Crippen LogP) is 18.1. The van der Waals surface area contributed by atoms with Crippen molar-refractivity contribution in [1.29, 1.82) is 0 Å². The van der Waals surface area contributed by atoms with Crippen LogP contribution >= 0.6 is 0 Å². The van der Waals surface area contributed by atoms with Crippen molar-refractivity contribution < 1.29 is 0 Å². The summed E-state index contributed by atoms with van der Waals surface area (Å²) in [5, 5.41) is 2.56. The molecule has 0 bridgehead atoms. The van der Waals surface area contributed by atoms with Gasteiger partial charge in [0.05, 0.1) is 16.7 Å². The number of hydrogen-bond acceptors (Lipinski definition) is 1. The zero-order chi connectivity index (χ0) is 44.3. The number of nitrogens with zero attached hydrogens (tertiary/aromatic N) is 2. The highest BCUT2D eigenvalue weighted by atomic mass is 15.1. The molecule has 7 aromatic carbocycles. The summed E-state index contributed by atoms with van der Waals surface area (Å²) in [5.41, 5.74) is 19.3. The molecule has 314 valence electrons. The van der Waals surface area contributed by atoms with Crippen molar-refractivity contribution in [2.75, 3.05) is 4.90 Å². The highest BCUT2D eigenvalue weighted by Crippen LogP contribution is 2.45. The van der Waals surface area contributed by atoms with Gasteiger partial charge >= 0.3 is 0 Å². The van der Waals surface area contributed by atoms with Gasteiger partial charge in [0.15, 0.2) is 0 Å². The lowest BCUT2D eigenvalue weighted by Crippen LogP contribution is -2.13. The Hall–Kier alpha value is -7.16. The van der Waals surface area contributed by atoms with Crippen LogP contribution in [0, 0.1) is 0 Å². The first kappa shape index (κ1) is 43.9. The molecule has 1 aliphatic carbocycles. The topological polar surface area (TPSA) is 8.17 Å². The van der Waals surface area contributed by atoms with Crippen LogP contribution in [0.25, 0.3) is 68.0 Å². The molecule has 1 heterocycles. The van der Waals surface area contributed by atoms with Gasteiger partial charge in [-0.25, -0.2) is 0 Å². The van der Waals surface area contributed by atoms with Gasteiger partial charge in [-0.3, -0.25) is 0 Å². The van der Waals surface area contributed by atoms with Crippen LogP contribution in [0.5, 0.6) is 0 Å². The molecule has 0 aliphatic heterocycles. The minimum Gasteiger partial charge on any atom is -0.310 e. The van der Waals surface area contributed by atoms with Gasteiger partial charge < -0.3 is 9.47 Å². The Kier molecular flexibility index (Phi) is 14.4. The number of hydrogen-bond donors (Lipinski definition) is 0. The molecule has 1 aromatic heterocycles. The van der Waals surface area contributed by atoms with Gasteiger partial charge in [-0.1, -0.05) is 193 Å². The quantitative estimate of drug-likeness (QED) is 0.126. The molecule has 0 radical (unpaired) electrons. The lowest BCUT2D eigenvalue weighted by molar-refractivity contribution is 1.07.